The number of thioether (sulfide) groups is 1. The van der Waals surface area contributed by atoms with Gasteiger partial charge in [0.05, 0.1) is 6.04 Å². The number of nitrogens with two attached hydrogens (primary N) is 2. The van der Waals surface area contributed by atoms with E-state index < -0.39 is 18.1 Å². The first-order chi connectivity index (χ1) is 5.95. The van der Waals surface area contributed by atoms with Gasteiger partial charge in [-0.3, -0.25) is 9.59 Å². The Morgan fingerprint density at radius 3 is 2.15 bits per heavy atom. The quantitative estimate of drug-likeness (QED) is 0.517. The normalized spacial score (nSPS) is 15.0. The molecule has 0 aliphatic carbocycles. The van der Waals surface area contributed by atoms with E-state index in [1.807, 2.05) is 0 Å². The molecule has 0 aromatic carbocycles. The summed E-state index contributed by atoms with van der Waals surface area (Å²) in [6.45, 7) is 1.41. The Morgan fingerprint density at radius 2 is 1.77 bits per heavy atom. The number of aliphatic carboxylic acids is 1. The number of hydrogen-bond acceptors (Lipinski definition) is 5. The lowest BCUT2D eigenvalue weighted by Gasteiger charge is -2.08. The molecule has 0 aromatic heterocycles. The van der Waals surface area contributed by atoms with E-state index in [0.29, 0.717) is 5.75 Å². The minimum atomic E-state index is -1.04. The lowest BCUT2D eigenvalue weighted by Crippen LogP contribution is -2.35. The van der Waals surface area contributed by atoms with Crippen molar-refractivity contribution in [3.05, 3.63) is 0 Å². The third-order valence-electron chi connectivity index (χ3n) is 1.43. The highest BCUT2D eigenvalue weighted by atomic mass is 32.2. The maximum Gasteiger partial charge on any atom is 0.321 e. The largest absolute Gasteiger partial charge is 0.480 e. The number of carboxylic acid groups (broad SMARTS) is 1. The van der Waals surface area contributed by atoms with Gasteiger partial charge in [-0.25, -0.2) is 0 Å². The molecule has 0 saturated carbocycles. The molecule has 6 heteroatoms. The van der Waals surface area contributed by atoms with E-state index in [9.17, 15) is 9.59 Å². The molecule has 0 amide bonds. The first-order valence-corrected chi connectivity index (χ1v) is 4.92. The van der Waals surface area contributed by atoms with Crippen LogP contribution in [0.3, 0.4) is 0 Å². The Labute approximate surface area is 80.8 Å². The third kappa shape index (κ3) is 5.62. The molecule has 0 aliphatic rings. The molecule has 5 N–H and O–H groups in total. The number of carboxylic acids is 1. The molecular formula is C7H14N2O3S. The average Bonchev–Trinajstić information content (AvgIpc) is 2.03. The van der Waals surface area contributed by atoms with Gasteiger partial charge < -0.3 is 16.6 Å². The fourth-order valence-electron chi connectivity index (χ4n) is 0.511. The van der Waals surface area contributed by atoms with E-state index in [2.05, 4.69) is 0 Å². The van der Waals surface area contributed by atoms with Crippen LogP contribution >= 0.6 is 11.8 Å². The van der Waals surface area contributed by atoms with Crippen LogP contribution in [-0.4, -0.2) is 40.4 Å². The van der Waals surface area contributed by atoms with Crippen LogP contribution in [0.5, 0.6) is 0 Å². The van der Waals surface area contributed by atoms with Crippen LogP contribution in [0.15, 0.2) is 0 Å². The van der Waals surface area contributed by atoms with Gasteiger partial charge >= 0.3 is 5.97 Å². The Kier molecular flexibility index (Phi) is 5.68. The monoisotopic (exact) mass is 206 g/mol. The molecule has 0 rings (SSSR count). The molecule has 0 aliphatic heterocycles. The minimum Gasteiger partial charge on any atom is -0.480 e. The molecule has 0 heterocycles. The summed E-state index contributed by atoms with van der Waals surface area (Å²) in [7, 11) is 0. The van der Waals surface area contributed by atoms with Crippen molar-refractivity contribution in [3.63, 3.8) is 0 Å². The van der Waals surface area contributed by atoms with Crippen LogP contribution < -0.4 is 11.5 Å². The van der Waals surface area contributed by atoms with Gasteiger partial charge in [-0.2, -0.15) is 11.8 Å². The average molecular weight is 206 g/mol. The van der Waals surface area contributed by atoms with Gasteiger partial charge in [0, 0.05) is 11.5 Å². The van der Waals surface area contributed by atoms with Gasteiger partial charge in [0.15, 0.2) is 0 Å². The highest BCUT2D eigenvalue weighted by molar-refractivity contribution is 7.99. The lowest BCUT2D eigenvalue weighted by molar-refractivity contribution is -0.137. The van der Waals surface area contributed by atoms with E-state index in [-0.39, 0.29) is 11.5 Å². The minimum absolute atomic E-state index is 0.101. The molecule has 1 unspecified atom stereocenters. The van der Waals surface area contributed by atoms with Crippen LogP contribution in [-0.2, 0) is 9.59 Å². The number of carbonyl (C=O) groups is 2. The predicted octanol–water partition coefficient (Wildman–Crippen LogP) is -0.952. The topological polar surface area (TPSA) is 106 Å². The van der Waals surface area contributed by atoms with Gasteiger partial charge in [-0.05, 0) is 6.92 Å². The summed E-state index contributed by atoms with van der Waals surface area (Å²) in [6, 6.07) is -1.41. The van der Waals surface area contributed by atoms with Gasteiger partial charge in [0.25, 0.3) is 0 Å². The standard InChI is InChI=1S/C7H14N2O3S/c1-4(10)5(8)2-13-3-6(9)7(11)12/h5-6H,2-3,8-9H2,1H3,(H,11,12)/t5-,6?/m1/s1. The molecule has 13 heavy (non-hydrogen) atoms. The van der Waals surface area contributed by atoms with Crippen molar-refractivity contribution in [1.29, 1.82) is 0 Å². The van der Waals surface area contributed by atoms with Crippen LogP contribution in [0.4, 0.5) is 0 Å². The molecule has 0 bridgehead atoms. The van der Waals surface area contributed by atoms with E-state index in [1.54, 1.807) is 0 Å². The van der Waals surface area contributed by atoms with Crippen LogP contribution in [0.25, 0.3) is 0 Å². The second-order valence-corrected chi connectivity index (χ2v) is 3.77. The summed E-state index contributed by atoms with van der Waals surface area (Å²) in [6.07, 6.45) is 0. The fourth-order valence-corrected chi connectivity index (χ4v) is 1.53. The second kappa shape index (κ2) is 5.95. The van der Waals surface area contributed by atoms with Crippen molar-refractivity contribution in [2.75, 3.05) is 11.5 Å². The Bertz CT molecular complexity index is 178. The van der Waals surface area contributed by atoms with E-state index in [4.69, 9.17) is 16.6 Å². The van der Waals surface area contributed by atoms with E-state index in [0.717, 1.165) is 0 Å². The van der Waals surface area contributed by atoms with Crippen molar-refractivity contribution < 1.29 is 14.7 Å². The summed E-state index contributed by atoms with van der Waals surface area (Å²) >= 11 is 1.27. The maximum absolute atomic E-state index is 10.7. The zero-order chi connectivity index (χ0) is 10.4. The van der Waals surface area contributed by atoms with E-state index in [1.165, 1.54) is 18.7 Å². The summed E-state index contributed by atoms with van der Waals surface area (Å²) in [4.78, 5) is 20.9. The van der Waals surface area contributed by atoms with Crippen LogP contribution in [0.2, 0.25) is 0 Å². The van der Waals surface area contributed by atoms with Crippen LogP contribution in [0, 0.1) is 0 Å². The molecule has 0 saturated heterocycles. The summed E-state index contributed by atoms with van der Waals surface area (Å²) < 4.78 is 0. The Hall–Kier alpha value is -0.590. The maximum atomic E-state index is 10.7. The fraction of sp³-hybridized carbons (Fsp3) is 0.714. The van der Waals surface area contributed by atoms with E-state index >= 15 is 0 Å². The lowest BCUT2D eigenvalue weighted by atomic mass is 10.3. The highest BCUT2D eigenvalue weighted by Gasteiger charge is 2.13. The zero-order valence-corrected chi connectivity index (χ0v) is 8.21. The Morgan fingerprint density at radius 1 is 1.31 bits per heavy atom. The van der Waals surface area contributed by atoms with Crippen molar-refractivity contribution in [2.24, 2.45) is 11.5 Å². The molecule has 0 fully saturated rings. The summed E-state index contributed by atoms with van der Waals surface area (Å²) in [5, 5.41) is 8.42. The SMILES string of the molecule is CC(=O)[C@H](N)CSCC(N)C(=O)O. The second-order valence-electron chi connectivity index (χ2n) is 2.70. The van der Waals surface area contributed by atoms with Gasteiger partial charge in [-0.15, -0.1) is 0 Å². The number of carbonyl (C=O) groups excluding carboxylic acids is 1. The molecule has 2 atom stereocenters. The number of Topliss-reactive ketones (excluding diaryl/α,β-unsaturated/α-hetero) is 1. The first kappa shape index (κ1) is 12.4. The number of rotatable bonds is 6. The first-order valence-electron chi connectivity index (χ1n) is 3.77. The highest BCUT2D eigenvalue weighted by Crippen LogP contribution is 2.03. The van der Waals surface area contributed by atoms with Crippen LogP contribution in [0.1, 0.15) is 6.92 Å². The van der Waals surface area contributed by atoms with Crippen molar-refractivity contribution in [2.45, 2.75) is 19.0 Å². The molecule has 76 valence electrons. The molecule has 0 radical (unpaired) electrons. The van der Waals surface area contributed by atoms with Gasteiger partial charge in [0.1, 0.15) is 11.8 Å². The predicted molar refractivity (Wildman–Crippen MR) is 51.6 cm³/mol. The van der Waals surface area contributed by atoms with Crippen molar-refractivity contribution in [3.8, 4) is 0 Å². The van der Waals surface area contributed by atoms with Gasteiger partial charge in [0.2, 0.25) is 0 Å². The molecule has 5 nitrogen and oxygen atoms in total. The summed E-state index contributed by atoms with van der Waals surface area (Å²) in [5.41, 5.74) is 10.7. The smallest absolute Gasteiger partial charge is 0.321 e. The number of hydrogen-bond donors (Lipinski definition) is 3. The molecular weight excluding hydrogens is 192 g/mol. The molecule has 0 spiro atoms. The number of ketones is 1. The van der Waals surface area contributed by atoms with Crippen molar-refractivity contribution >= 4 is 23.5 Å². The summed E-state index contributed by atoms with van der Waals surface area (Å²) in [5.74, 6) is -0.451. The zero-order valence-electron chi connectivity index (χ0n) is 7.40. The third-order valence-corrected chi connectivity index (χ3v) is 2.62. The molecule has 0 aromatic rings. The van der Waals surface area contributed by atoms with Crippen molar-refractivity contribution in [1.82, 2.24) is 0 Å². The Balaban J connectivity index is 3.56. The van der Waals surface area contributed by atoms with Gasteiger partial charge in [-0.1, -0.05) is 0 Å².